The van der Waals surface area contributed by atoms with E-state index in [1.165, 1.54) is 11.0 Å². The third-order valence-corrected chi connectivity index (χ3v) is 5.88. The third-order valence-electron chi connectivity index (χ3n) is 5.88. The number of hydrogen-bond donors (Lipinski definition) is 1. The molecule has 0 aromatic heterocycles. The Labute approximate surface area is 214 Å². The van der Waals surface area contributed by atoms with E-state index in [-0.39, 0.29) is 19.6 Å². The summed E-state index contributed by atoms with van der Waals surface area (Å²) in [7, 11) is 1.56. The molecule has 1 saturated heterocycles. The number of hydrogen-bond acceptors (Lipinski definition) is 6. The molecule has 1 aliphatic heterocycles. The number of carbonyl (C=O) groups excluding carboxylic acids is 4. The standard InChI is InChI=1S/C28H27N3O6/c1-3-37-27(34)20-8-7-9-21(16-20)29-25(32)17-24-26(33)31(22-10-5-4-6-11-22)28(35)30(24)18-19-12-14-23(36-2)15-13-19/h4-16,24H,3,17-18H2,1-2H3,(H,29,32). The smallest absolute Gasteiger partial charge is 0.338 e. The van der Waals surface area contributed by atoms with Crippen LogP contribution >= 0.6 is 0 Å². The second kappa shape index (κ2) is 11.4. The van der Waals surface area contributed by atoms with E-state index in [4.69, 9.17) is 9.47 Å². The lowest BCUT2D eigenvalue weighted by atomic mass is 10.1. The molecule has 9 heteroatoms. The molecule has 9 nitrogen and oxygen atoms in total. The molecular formula is C28H27N3O6. The Morgan fingerprint density at radius 2 is 1.68 bits per heavy atom. The van der Waals surface area contributed by atoms with Crippen molar-refractivity contribution >= 4 is 35.2 Å². The minimum absolute atomic E-state index is 0.133. The van der Waals surface area contributed by atoms with Gasteiger partial charge in [0.1, 0.15) is 11.8 Å². The second-order valence-electron chi connectivity index (χ2n) is 8.34. The number of ether oxygens (including phenoxy) is 2. The van der Waals surface area contributed by atoms with Gasteiger partial charge in [-0.05, 0) is 55.0 Å². The largest absolute Gasteiger partial charge is 0.497 e. The van der Waals surface area contributed by atoms with E-state index in [0.717, 1.165) is 10.5 Å². The molecule has 0 saturated carbocycles. The highest BCUT2D eigenvalue weighted by Crippen LogP contribution is 2.29. The molecule has 3 aromatic rings. The number of imide groups is 1. The highest BCUT2D eigenvalue weighted by molar-refractivity contribution is 6.22. The first-order chi connectivity index (χ1) is 17.9. The number of amides is 4. The van der Waals surface area contributed by atoms with E-state index in [1.54, 1.807) is 86.8 Å². The van der Waals surface area contributed by atoms with E-state index >= 15 is 0 Å². The van der Waals surface area contributed by atoms with E-state index in [2.05, 4.69) is 5.32 Å². The van der Waals surface area contributed by atoms with Gasteiger partial charge in [-0.15, -0.1) is 0 Å². The summed E-state index contributed by atoms with van der Waals surface area (Å²) in [6.45, 7) is 2.07. The number of esters is 1. The van der Waals surface area contributed by atoms with Crippen molar-refractivity contribution in [2.24, 2.45) is 0 Å². The molecule has 37 heavy (non-hydrogen) atoms. The highest BCUT2D eigenvalue weighted by Gasteiger charge is 2.46. The van der Waals surface area contributed by atoms with Gasteiger partial charge in [-0.25, -0.2) is 14.5 Å². The van der Waals surface area contributed by atoms with Gasteiger partial charge in [0.05, 0.1) is 31.4 Å². The van der Waals surface area contributed by atoms with Crippen molar-refractivity contribution in [3.05, 3.63) is 90.0 Å². The fourth-order valence-electron chi connectivity index (χ4n) is 4.08. The van der Waals surface area contributed by atoms with Crippen LogP contribution in [0.15, 0.2) is 78.9 Å². The zero-order chi connectivity index (χ0) is 26.4. The Morgan fingerprint density at radius 3 is 2.35 bits per heavy atom. The number of urea groups is 1. The summed E-state index contributed by atoms with van der Waals surface area (Å²) in [5, 5.41) is 2.72. The molecule has 0 aliphatic carbocycles. The number of para-hydroxylation sites is 1. The zero-order valence-corrected chi connectivity index (χ0v) is 20.5. The van der Waals surface area contributed by atoms with Crippen LogP contribution in [-0.2, 0) is 20.9 Å². The molecule has 0 spiro atoms. The van der Waals surface area contributed by atoms with Gasteiger partial charge in [0.25, 0.3) is 5.91 Å². The van der Waals surface area contributed by atoms with Crippen molar-refractivity contribution in [1.82, 2.24) is 4.90 Å². The van der Waals surface area contributed by atoms with Gasteiger partial charge in [-0.3, -0.25) is 9.59 Å². The molecule has 1 fully saturated rings. The van der Waals surface area contributed by atoms with Crippen molar-refractivity contribution in [2.75, 3.05) is 23.9 Å². The predicted octanol–water partition coefficient (Wildman–Crippen LogP) is 4.24. The summed E-state index contributed by atoms with van der Waals surface area (Å²) >= 11 is 0. The minimum atomic E-state index is -1.01. The van der Waals surface area contributed by atoms with Crippen LogP contribution in [0.4, 0.5) is 16.2 Å². The van der Waals surface area contributed by atoms with Crippen molar-refractivity contribution in [2.45, 2.75) is 25.9 Å². The van der Waals surface area contributed by atoms with Crippen LogP contribution in [0, 0.1) is 0 Å². The molecule has 4 amide bonds. The zero-order valence-electron chi connectivity index (χ0n) is 20.5. The number of anilines is 2. The van der Waals surface area contributed by atoms with Crippen molar-refractivity contribution in [3.63, 3.8) is 0 Å². The molecule has 1 heterocycles. The van der Waals surface area contributed by atoms with Gasteiger partial charge in [0, 0.05) is 12.2 Å². The summed E-state index contributed by atoms with van der Waals surface area (Å²) in [5.41, 5.74) is 1.89. The summed E-state index contributed by atoms with van der Waals surface area (Å²) in [4.78, 5) is 54.3. The molecule has 4 rings (SSSR count). The lowest BCUT2D eigenvalue weighted by molar-refractivity contribution is -0.124. The van der Waals surface area contributed by atoms with E-state index in [9.17, 15) is 19.2 Å². The summed E-state index contributed by atoms with van der Waals surface area (Å²) in [5.74, 6) is -0.791. The van der Waals surface area contributed by atoms with Crippen LogP contribution in [0.1, 0.15) is 29.3 Å². The summed E-state index contributed by atoms with van der Waals surface area (Å²) in [6.07, 6.45) is -0.256. The molecule has 3 aromatic carbocycles. The van der Waals surface area contributed by atoms with Gasteiger partial charge in [-0.2, -0.15) is 0 Å². The maximum atomic E-state index is 13.4. The number of methoxy groups -OCH3 is 1. The molecule has 1 aliphatic rings. The minimum Gasteiger partial charge on any atom is -0.497 e. The molecule has 1 atom stereocenters. The van der Waals surface area contributed by atoms with Crippen LogP contribution in [0.2, 0.25) is 0 Å². The Bertz CT molecular complexity index is 1290. The first kappa shape index (κ1) is 25.4. The van der Waals surface area contributed by atoms with Crippen LogP contribution < -0.4 is 15.0 Å². The van der Waals surface area contributed by atoms with E-state index in [0.29, 0.717) is 22.7 Å². The van der Waals surface area contributed by atoms with Crippen LogP contribution in [0.5, 0.6) is 5.75 Å². The number of carbonyl (C=O) groups is 4. The van der Waals surface area contributed by atoms with Crippen LogP contribution in [0.25, 0.3) is 0 Å². The van der Waals surface area contributed by atoms with E-state index < -0.39 is 29.9 Å². The highest BCUT2D eigenvalue weighted by atomic mass is 16.5. The van der Waals surface area contributed by atoms with Crippen molar-refractivity contribution in [1.29, 1.82) is 0 Å². The topological polar surface area (TPSA) is 105 Å². The average Bonchev–Trinajstić information content (AvgIpc) is 3.13. The normalized spacial score (nSPS) is 15.0. The predicted molar refractivity (Wildman–Crippen MR) is 137 cm³/mol. The van der Waals surface area contributed by atoms with Crippen molar-refractivity contribution < 1.29 is 28.7 Å². The van der Waals surface area contributed by atoms with Gasteiger partial charge in [0.2, 0.25) is 5.91 Å². The van der Waals surface area contributed by atoms with E-state index in [1.807, 2.05) is 0 Å². The number of nitrogens with one attached hydrogen (secondary N) is 1. The van der Waals surface area contributed by atoms with Crippen molar-refractivity contribution in [3.8, 4) is 5.75 Å². The third kappa shape index (κ3) is 5.78. The van der Waals surface area contributed by atoms with Gasteiger partial charge < -0.3 is 19.7 Å². The fourth-order valence-corrected chi connectivity index (χ4v) is 4.08. The molecule has 190 valence electrons. The molecule has 0 bridgehead atoms. The SMILES string of the molecule is CCOC(=O)c1cccc(NC(=O)CC2C(=O)N(c3ccccc3)C(=O)N2Cc2ccc(OC)cc2)c1. The number of benzene rings is 3. The average molecular weight is 502 g/mol. The fraction of sp³-hybridized carbons (Fsp3) is 0.214. The first-order valence-electron chi connectivity index (χ1n) is 11.8. The Morgan fingerprint density at radius 1 is 0.946 bits per heavy atom. The number of rotatable bonds is 9. The van der Waals surface area contributed by atoms with Gasteiger partial charge in [-0.1, -0.05) is 36.4 Å². The van der Waals surface area contributed by atoms with Crippen LogP contribution in [0.3, 0.4) is 0 Å². The first-order valence-corrected chi connectivity index (χ1v) is 11.8. The number of nitrogens with zero attached hydrogens (tertiary/aromatic N) is 2. The maximum absolute atomic E-state index is 13.4. The summed E-state index contributed by atoms with van der Waals surface area (Å²) < 4.78 is 10.2. The lowest BCUT2D eigenvalue weighted by Gasteiger charge is -2.22. The molecule has 0 radical (unpaired) electrons. The van der Waals surface area contributed by atoms with Crippen LogP contribution in [-0.4, -0.2) is 48.5 Å². The van der Waals surface area contributed by atoms with Gasteiger partial charge >= 0.3 is 12.0 Å². The van der Waals surface area contributed by atoms with Gasteiger partial charge in [0.15, 0.2) is 0 Å². The molecule has 1 N–H and O–H groups in total. The Hall–Kier alpha value is -4.66. The molecule has 1 unspecified atom stereocenters. The monoisotopic (exact) mass is 501 g/mol. The maximum Gasteiger partial charge on any atom is 0.338 e. The summed E-state index contributed by atoms with van der Waals surface area (Å²) in [6, 6.07) is 20.6. The second-order valence-corrected chi connectivity index (χ2v) is 8.34. The Balaban J connectivity index is 1.56. The quantitative estimate of drug-likeness (QED) is 0.347. The lowest BCUT2D eigenvalue weighted by Crippen LogP contribution is -2.37. The molecular weight excluding hydrogens is 474 g/mol. The Kier molecular flexibility index (Phi) is 7.83.